The minimum absolute atomic E-state index is 0.0434. The van der Waals surface area contributed by atoms with Gasteiger partial charge < -0.3 is 10.0 Å². The zero-order valence-electron chi connectivity index (χ0n) is 14.1. The van der Waals surface area contributed by atoms with Crippen LogP contribution in [0.1, 0.15) is 18.2 Å². The lowest BCUT2D eigenvalue weighted by Crippen LogP contribution is -2.34. The van der Waals surface area contributed by atoms with E-state index in [1.54, 1.807) is 5.38 Å². The number of benzene rings is 1. The van der Waals surface area contributed by atoms with Crippen molar-refractivity contribution in [1.82, 2.24) is 9.88 Å². The minimum Gasteiger partial charge on any atom is -0.481 e. The molecule has 0 aliphatic rings. The first-order chi connectivity index (χ1) is 12.1. The largest absolute Gasteiger partial charge is 0.481 e. The Balaban J connectivity index is 2.08. The highest BCUT2D eigenvalue weighted by atomic mass is 32.1. The molecule has 9 heteroatoms. The SMILES string of the molecule is CC(CN(C)C(=O)Cc1csc(-c2cccc(C(F)(F)F)c2)n1)C(=O)O. The van der Waals surface area contributed by atoms with Crippen LogP contribution in [0.25, 0.3) is 10.6 Å². The Kier molecular flexibility index (Phi) is 6.01. The molecular weight excluding hydrogens is 369 g/mol. The van der Waals surface area contributed by atoms with Crippen LogP contribution in [0.3, 0.4) is 0 Å². The number of alkyl halides is 3. The summed E-state index contributed by atoms with van der Waals surface area (Å²) in [7, 11) is 1.50. The van der Waals surface area contributed by atoms with Crippen molar-refractivity contribution in [2.75, 3.05) is 13.6 Å². The molecule has 1 amide bonds. The number of amides is 1. The van der Waals surface area contributed by atoms with Gasteiger partial charge in [0.05, 0.1) is 23.6 Å². The number of carbonyl (C=O) groups is 2. The number of nitrogens with zero attached hydrogens (tertiary/aromatic N) is 2. The highest BCUT2D eigenvalue weighted by molar-refractivity contribution is 7.13. The maximum absolute atomic E-state index is 12.8. The van der Waals surface area contributed by atoms with E-state index in [1.807, 2.05) is 0 Å². The van der Waals surface area contributed by atoms with Gasteiger partial charge in [0.15, 0.2) is 0 Å². The third-order valence-corrected chi connectivity index (χ3v) is 4.66. The maximum atomic E-state index is 12.8. The Morgan fingerprint density at radius 1 is 1.35 bits per heavy atom. The quantitative estimate of drug-likeness (QED) is 0.824. The zero-order valence-corrected chi connectivity index (χ0v) is 14.9. The molecule has 1 aromatic heterocycles. The van der Waals surface area contributed by atoms with E-state index in [0.717, 1.165) is 23.5 Å². The molecule has 2 aromatic rings. The molecule has 1 heterocycles. The van der Waals surface area contributed by atoms with Crippen molar-refractivity contribution in [2.45, 2.75) is 19.5 Å². The zero-order chi connectivity index (χ0) is 19.5. The molecule has 0 bridgehead atoms. The van der Waals surface area contributed by atoms with Crippen molar-refractivity contribution in [1.29, 1.82) is 0 Å². The van der Waals surface area contributed by atoms with E-state index in [0.29, 0.717) is 16.3 Å². The first-order valence-electron chi connectivity index (χ1n) is 7.66. The van der Waals surface area contributed by atoms with Gasteiger partial charge in [-0.05, 0) is 12.1 Å². The number of likely N-dealkylation sites (N-methyl/N-ethyl adjacent to an activating group) is 1. The highest BCUT2D eigenvalue weighted by Gasteiger charge is 2.30. The summed E-state index contributed by atoms with van der Waals surface area (Å²) < 4.78 is 38.4. The van der Waals surface area contributed by atoms with Crippen LogP contribution in [0.15, 0.2) is 29.6 Å². The van der Waals surface area contributed by atoms with Crippen LogP contribution in [0, 0.1) is 5.92 Å². The summed E-state index contributed by atoms with van der Waals surface area (Å²) in [6.45, 7) is 1.57. The van der Waals surface area contributed by atoms with Gasteiger partial charge in [0.2, 0.25) is 5.91 Å². The van der Waals surface area contributed by atoms with Crippen LogP contribution in [0.2, 0.25) is 0 Å². The van der Waals surface area contributed by atoms with Gasteiger partial charge in [0.25, 0.3) is 0 Å². The number of carbonyl (C=O) groups excluding carboxylic acids is 1. The Morgan fingerprint density at radius 3 is 2.65 bits per heavy atom. The van der Waals surface area contributed by atoms with Crippen molar-refractivity contribution >= 4 is 23.2 Å². The molecular formula is C17H17F3N2O3S. The number of thiazole rings is 1. The number of rotatable bonds is 6. The van der Waals surface area contributed by atoms with Gasteiger partial charge in [-0.1, -0.05) is 19.1 Å². The number of hydrogen-bond donors (Lipinski definition) is 1. The van der Waals surface area contributed by atoms with Crippen molar-refractivity contribution in [3.05, 3.63) is 40.9 Å². The number of hydrogen-bond acceptors (Lipinski definition) is 4. The van der Waals surface area contributed by atoms with Crippen LogP contribution in [0.5, 0.6) is 0 Å². The summed E-state index contributed by atoms with van der Waals surface area (Å²) in [5.74, 6) is -2.00. The molecule has 0 fully saturated rings. The molecule has 1 unspecified atom stereocenters. The van der Waals surface area contributed by atoms with Crippen LogP contribution in [-0.2, 0) is 22.2 Å². The lowest BCUT2D eigenvalue weighted by atomic mass is 10.1. The highest BCUT2D eigenvalue weighted by Crippen LogP contribution is 2.33. The van der Waals surface area contributed by atoms with Crippen molar-refractivity contribution in [3.8, 4) is 10.6 Å². The van der Waals surface area contributed by atoms with Gasteiger partial charge >= 0.3 is 12.1 Å². The normalized spacial score (nSPS) is 12.7. The lowest BCUT2D eigenvalue weighted by Gasteiger charge is -2.18. The lowest BCUT2D eigenvalue weighted by molar-refractivity contribution is -0.142. The van der Waals surface area contributed by atoms with E-state index in [2.05, 4.69) is 4.98 Å². The fourth-order valence-corrected chi connectivity index (χ4v) is 3.05. The number of carboxylic acids is 1. The van der Waals surface area contributed by atoms with Crippen molar-refractivity contribution in [3.63, 3.8) is 0 Å². The first-order valence-corrected chi connectivity index (χ1v) is 8.54. The fraction of sp³-hybridized carbons (Fsp3) is 0.353. The maximum Gasteiger partial charge on any atom is 0.416 e. The molecule has 0 saturated heterocycles. The van der Waals surface area contributed by atoms with Gasteiger partial charge in [-0.25, -0.2) is 4.98 Å². The van der Waals surface area contributed by atoms with Crippen molar-refractivity contribution < 1.29 is 27.9 Å². The van der Waals surface area contributed by atoms with Gasteiger partial charge in [0.1, 0.15) is 5.01 Å². The van der Waals surface area contributed by atoms with Crippen molar-refractivity contribution in [2.24, 2.45) is 5.92 Å². The van der Waals surface area contributed by atoms with E-state index < -0.39 is 23.6 Å². The van der Waals surface area contributed by atoms with Crippen LogP contribution < -0.4 is 0 Å². The molecule has 0 saturated carbocycles. The summed E-state index contributed by atoms with van der Waals surface area (Å²) in [6.07, 6.45) is -4.48. The summed E-state index contributed by atoms with van der Waals surface area (Å²) in [4.78, 5) is 28.5. The molecule has 0 spiro atoms. The van der Waals surface area contributed by atoms with E-state index >= 15 is 0 Å². The standard InChI is InChI=1S/C17H17F3N2O3S/c1-10(16(24)25)8-22(2)14(23)7-13-9-26-15(21-13)11-4-3-5-12(6-11)17(18,19)20/h3-6,9-10H,7-8H2,1-2H3,(H,24,25). The van der Waals surface area contributed by atoms with Gasteiger partial charge in [-0.2, -0.15) is 13.2 Å². The van der Waals surface area contributed by atoms with Crippen LogP contribution in [0.4, 0.5) is 13.2 Å². The predicted octanol–water partition coefficient (Wildman–Crippen LogP) is 3.55. The van der Waals surface area contributed by atoms with E-state index in [9.17, 15) is 22.8 Å². The van der Waals surface area contributed by atoms with Gasteiger partial charge in [-0.3, -0.25) is 9.59 Å². The summed E-state index contributed by atoms with van der Waals surface area (Å²) in [6, 6.07) is 4.84. The summed E-state index contributed by atoms with van der Waals surface area (Å²) >= 11 is 1.15. The first kappa shape index (κ1) is 19.9. The fourth-order valence-electron chi connectivity index (χ4n) is 2.23. The van der Waals surface area contributed by atoms with E-state index in [1.165, 1.54) is 31.0 Å². The Labute approximate surface area is 152 Å². The second kappa shape index (κ2) is 7.86. The predicted molar refractivity (Wildman–Crippen MR) is 90.7 cm³/mol. The molecule has 0 radical (unpaired) electrons. The molecule has 0 aliphatic carbocycles. The van der Waals surface area contributed by atoms with E-state index in [4.69, 9.17) is 5.11 Å². The third kappa shape index (κ3) is 5.04. The van der Waals surface area contributed by atoms with Crippen LogP contribution in [-0.4, -0.2) is 40.5 Å². The second-order valence-electron chi connectivity index (χ2n) is 5.91. The number of carboxylic acid groups (broad SMARTS) is 1. The molecule has 5 nitrogen and oxygen atoms in total. The molecule has 1 N–H and O–H groups in total. The monoisotopic (exact) mass is 386 g/mol. The molecule has 2 rings (SSSR count). The smallest absolute Gasteiger partial charge is 0.416 e. The Morgan fingerprint density at radius 2 is 2.04 bits per heavy atom. The molecule has 0 aliphatic heterocycles. The number of halogens is 3. The molecule has 1 aromatic carbocycles. The topological polar surface area (TPSA) is 70.5 Å². The van der Waals surface area contributed by atoms with E-state index in [-0.39, 0.29) is 18.9 Å². The molecule has 1 atom stereocenters. The minimum atomic E-state index is -4.43. The summed E-state index contributed by atoms with van der Waals surface area (Å²) in [5.41, 5.74) is 0.00355. The third-order valence-electron chi connectivity index (χ3n) is 3.72. The molecule has 26 heavy (non-hydrogen) atoms. The Bertz CT molecular complexity index is 805. The average molecular weight is 386 g/mol. The number of aliphatic carboxylic acids is 1. The van der Waals surface area contributed by atoms with Gasteiger partial charge in [0, 0.05) is 24.5 Å². The summed E-state index contributed by atoms with van der Waals surface area (Å²) in [5, 5.41) is 10.9. The Hall–Kier alpha value is -2.42. The van der Waals surface area contributed by atoms with Crippen LogP contribution >= 0.6 is 11.3 Å². The average Bonchev–Trinajstić information content (AvgIpc) is 3.02. The number of aromatic nitrogens is 1. The second-order valence-corrected chi connectivity index (χ2v) is 6.77. The molecule has 140 valence electrons. The van der Waals surface area contributed by atoms with Gasteiger partial charge in [-0.15, -0.1) is 11.3 Å².